The van der Waals surface area contributed by atoms with Crippen LogP contribution in [-0.4, -0.2) is 37.3 Å². The molecule has 1 aromatic carbocycles. The first-order valence-electron chi connectivity index (χ1n) is 8.46. The van der Waals surface area contributed by atoms with Crippen molar-refractivity contribution >= 4 is 11.9 Å². The Morgan fingerprint density at radius 3 is 2.69 bits per heavy atom. The van der Waals surface area contributed by atoms with Crippen LogP contribution < -0.4 is 10.1 Å². The lowest BCUT2D eigenvalue weighted by atomic mass is 10.1. The van der Waals surface area contributed by atoms with Crippen molar-refractivity contribution in [2.45, 2.75) is 33.1 Å². The monoisotopic (exact) mass is 360 g/mol. The Hall–Kier alpha value is -2.83. The zero-order valence-corrected chi connectivity index (χ0v) is 15.5. The summed E-state index contributed by atoms with van der Waals surface area (Å²) in [5.41, 5.74) is 1.74. The predicted octanol–water partition coefficient (Wildman–Crippen LogP) is 2.63. The van der Waals surface area contributed by atoms with Crippen LogP contribution in [0.25, 0.3) is 0 Å². The number of ether oxygens (including phenoxy) is 2. The van der Waals surface area contributed by atoms with E-state index in [1.165, 1.54) is 0 Å². The van der Waals surface area contributed by atoms with Gasteiger partial charge in [-0.3, -0.25) is 4.79 Å². The Morgan fingerprint density at radius 2 is 2.00 bits per heavy atom. The SMILES string of the molecule is COc1ccccc1CCNC(=O)COC(=O)c1c(C)noc1C(C)C. The first kappa shape index (κ1) is 19.5. The fourth-order valence-corrected chi connectivity index (χ4v) is 2.53. The van der Waals surface area contributed by atoms with E-state index in [4.69, 9.17) is 14.0 Å². The molecule has 0 radical (unpaired) electrons. The second-order valence-electron chi connectivity index (χ2n) is 6.15. The van der Waals surface area contributed by atoms with Crippen molar-refractivity contribution in [3.63, 3.8) is 0 Å². The lowest BCUT2D eigenvalue weighted by Gasteiger charge is -2.10. The van der Waals surface area contributed by atoms with Gasteiger partial charge < -0.3 is 19.3 Å². The second-order valence-corrected chi connectivity index (χ2v) is 6.15. The van der Waals surface area contributed by atoms with Crippen LogP contribution in [0, 0.1) is 6.92 Å². The Balaban J connectivity index is 1.82. The van der Waals surface area contributed by atoms with Gasteiger partial charge in [0.05, 0.1) is 12.8 Å². The highest BCUT2D eigenvalue weighted by Gasteiger charge is 2.24. The van der Waals surface area contributed by atoms with Crippen molar-refractivity contribution in [1.82, 2.24) is 10.5 Å². The first-order chi connectivity index (χ1) is 12.4. The van der Waals surface area contributed by atoms with E-state index in [-0.39, 0.29) is 18.4 Å². The Morgan fingerprint density at radius 1 is 1.27 bits per heavy atom. The van der Waals surface area contributed by atoms with E-state index < -0.39 is 5.97 Å². The smallest absolute Gasteiger partial charge is 0.344 e. The summed E-state index contributed by atoms with van der Waals surface area (Å²) in [6, 6.07) is 7.60. The van der Waals surface area contributed by atoms with Gasteiger partial charge in [0, 0.05) is 12.5 Å². The van der Waals surface area contributed by atoms with Gasteiger partial charge in [0.15, 0.2) is 12.4 Å². The molecule has 0 bridgehead atoms. The molecule has 2 rings (SSSR count). The van der Waals surface area contributed by atoms with Crippen molar-refractivity contribution in [2.24, 2.45) is 0 Å². The number of rotatable bonds is 8. The van der Waals surface area contributed by atoms with Gasteiger partial charge in [-0.1, -0.05) is 37.2 Å². The number of hydrogen-bond donors (Lipinski definition) is 1. The molecular formula is C19H24N2O5. The lowest BCUT2D eigenvalue weighted by Crippen LogP contribution is -2.30. The van der Waals surface area contributed by atoms with Gasteiger partial charge in [0.2, 0.25) is 0 Å². The maximum atomic E-state index is 12.2. The Kier molecular flexibility index (Phi) is 6.77. The first-order valence-corrected chi connectivity index (χ1v) is 8.46. The normalized spacial score (nSPS) is 10.7. The van der Waals surface area contributed by atoms with Crippen LogP contribution in [0.4, 0.5) is 0 Å². The molecule has 0 aliphatic carbocycles. The van der Waals surface area contributed by atoms with Gasteiger partial charge in [0.1, 0.15) is 11.3 Å². The third-order valence-corrected chi connectivity index (χ3v) is 3.86. The van der Waals surface area contributed by atoms with Crippen LogP contribution in [0.3, 0.4) is 0 Å². The zero-order valence-electron chi connectivity index (χ0n) is 15.5. The fraction of sp³-hybridized carbons (Fsp3) is 0.421. The fourth-order valence-electron chi connectivity index (χ4n) is 2.53. The highest BCUT2D eigenvalue weighted by Crippen LogP contribution is 2.23. The Bertz CT molecular complexity index is 767. The summed E-state index contributed by atoms with van der Waals surface area (Å²) in [6.45, 7) is 5.51. The minimum Gasteiger partial charge on any atom is -0.496 e. The number of nitrogens with zero attached hydrogens (tertiary/aromatic N) is 1. The average molecular weight is 360 g/mol. The van der Waals surface area contributed by atoms with Gasteiger partial charge in [-0.05, 0) is 25.0 Å². The number of esters is 1. The van der Waals surface area contributed by atoms with Crippen molar-refractivity contribution in [2.75, 3.05) is 20.3 Å². The van der Waals surface area contributed by atoms with Crippen molar-refractivity contribution in [3.8, 4) is 5.75 Å². The number of carbonyl (C=O) groups excluding carboxylic acids is 2. The molecule has 0 aliphatic rings. The summed E-state index contributed by atoms with van der Waals surface area (Å²) < 4.78 is 15.5. The molecule has 26 heavy (non-hydrogen) atoms. The van der Waals surface area contributed by atoms with Gasteiger partial charge in [-0.25, -0.2) is 4.79 Å². The molecule has 2 aromatic rings. The number of hydrogen-bond acceptors (Lipinski definition) is 6. The molecule has 0 saturated heterocycles. The lowest BCUT2D eigenvalue weighted by molar-refractivity contribution is -0.124. The number of nitrogens with one attached hydrogen (secondary N) is 1. The van der Waals surface area contributed by atoms with Gasteiger partial charge in [-0.15, -0.1) is 0 Å². The molecule has 0 atom stereocenters. The highest BCUT2D eigenvalue weighted by molar-refractivity contribution is 5.93. The van der Waals surface area contributed by atoms with Gasteiger partial charge in [-0.2, -0.15) is 0 Å². The number of aryl methyl sites for hydroxylation is 1. The summed E-state index contributed by atoms with van der Waals surface area (Å²) in [5, 5.41) is 6.52. The van der Waals surface area contributed by atoms with Crippen LogP contribution in [0.2, 0.25) is 0 Å². The number of aromatic nitrogens is 1. The number of para-hydroxylation sites is 1. The largest absolute Gasteiger partial charge is 0.496 e. The van der Waals surface area contributed by atoms with Gasteiger partial charge >= 0.3 is 5.97 Å². The van der Waals surface area contributed by atoms with Crippen LogP contribution >= 0.6 is 0 Å². The summed E-state index contributed by atoms with van der Waals surface area (Å²) in [5.74, 6) is 0.260. The molecule has 1 heterocycles. The van der Waals surface area contributed by atoms with E-state index in [2.05, 4.69) is 10.5 Å². The summed E-state index contributed by atoms with van der Waals surface area (Å²) in [7, 11) is 1.61. The van der Waals surface area contributed by atoms with E-state index in [0.29, 0.717) is 30.0 Å². The van der Waals surface area contributed by atoms with Crippen LogP contribution in [-0.2, 0) is 16.0 Å². The van der Waals surface area contributed by atoms with Crippen molar-refractivity contribution in [1.29, 1.82) is 0 Å². The third-order valence-electron chi connectivity index (χ3n) is 3.86. The molecule has 140 valence electrons. The van der Waals surface area contributed by atoms with Crippen LogP contribution in [0.15, 0.2) is 28.8 Å². The third kappa shape index (κ3) is 4.84. The van der Waals surface area contributed by atoms with E-state index in [0.717, 1.165) is 11.3 Å². The standard InChI is InChI=1S/C19H24N2O5/c1-12(2)18-17(13(3)21-26-18)19(23)25-11-16(22)20-10-9-14-7-5-6-8-15(14)24-4/h5-8,12H,9-11H2,1-4H3,(H,20,22). The molecule has 1 N–H and O–H groups in total. The summed E-state index contributed by atoms with van der Waals surface area (Å²) in [4.78, 5) is 24.1. The highest BCUT2D eigenvalue weighted by atomic mass is 16.5. The quantitative estimate of drug-likeness (QED) is 0.728. The van der Waals surface area contributed by atoms with E-state index in [9.17, 15) is 9.59 Å². The van der Waals surface area contributed by atoms with Crippen LogP contribution in [0.5, 0.6) is 5.75 Å². The van der Waals surface area contributed by atoms with Crippen LogP contribution in [0.1, 0.15) is 47.1 Å². The molecular weight excluding hydrogens is 336 g/mol. The Labute approximate surface area is 152 Å². The summed E-state index contributed by atoms with van der Waals surface area (Å²) >= 11 is 0. The molecule has 0 aliphatic heterocycles. The molecule has 0 saturated carbocycles. The number of amides is 1. The number of benzene rings is 1. The molecule has 1 amide bonds. The summed E-state index contributed by atoms with van der Waals surface area (Å²) in [6.07, 6.45) is 0.617. The predicted molar refractivity (Wildman–Crippen MR) is 95.3 cm³/mol. The topological polar surface area (TPSA) is 90.7 Å². The molecule has 0 fully saturated rings. The van der Waals surface area contributed by atoms with E-state index in [1.54, 1.807) is 14.0 Å². The van der Waals surface area contributed by atoms with E-state index >= 15 is 0 Å². The number of carbonyl (C=O) groups is 2. The maximum absolute atomic E-state index is 12.2. The zero-order chi connectivity index (χ0) is 19.1. The van der Waals surface area contributed by atoms with E-state index in [1.807, 2.05) is 38.1 Å². The minimum atomic E-state index is -0.604. The number of methoxy groups -OCH3 is 1. The maximum Gasteiger partial charge on any atom is 0.344 e. The average Bonchev–Trinajstić information content (AvgIpc) is 3.02. The molecule has 0 spiro atoms. The second kappa shape index (κ2) is 9.03. The minimum absolute atomic E-state index is 0.00608. The molecule has 1 aromatic heterocycles. The van der Waals surface area contributed by atoms with Crippen molar-refractivity contribution < 1.29 is 23.6 Å². The van der Waals surface area contributed by atoms with Gasteiger partial charge in [0.25, 0.3) is 5.91 Å². The molecule has 7 nitrogen and oxygen atoms in total. The molecule has 0 unspecified atom stereocenters. The molecule has 7 heteroatoms. The van der Waals surface area contributed by atoms with Crippen molar-refractivity contribution in [3.05, 3.63) is 46.8 Å².